The molecule has 0 aliphatic carbocycles. The van der Waals surface area contributed by atoms with Crippen LogP contribution in [0, 0.1) is 6.92 Å². The van der Waals surface area contributed by atoms with Crippen molar-refractivity contribution in [3.63, 3.8) is 0 Å². The van der Waals surface area contributed by atoms with Crippen LogP contribution in [0.25, 0.3) is 0 Å². The molecule has 7 heteroatoms. The van der Waals surface area contributed by atoms with Crippen LogP contribution in [0.4, 0.5) is 0 Å². The number of likely N-dealkylation sites (tertiary alicyclic amines) is 1. The molecular formula is C19H21N3O4. The van der Waals surface area contributed by atoms with E-state index in [1.807, 2.05) is 29.2 Å². The van der Waals surface area contributed by atoms with Crippen LogP contribution >= 0.6 is 0 Å². The van der Waals surface area contributed by atoms with Gasteiger partial charge in [-0.05, 0) is 31.9 Å². The summed E-state index contributed by atoms with van der Waals surface area (Å²) in [4.78, 5) is 33.3. The van der Waals surface area contributed by atoms with Crippen LogP contribution < -0.4 is 15.0 Å². The van der Waals surface area contributed by atoms with Crippen LogP contribution in [0.15, 0.2) is 35.1 Å². The fourth-order valence-corrected chi connectivity index (χ4v) is 3.55. The fraction of sp³-hybridized carbons (Fsp3) is 0.421. The maximum Gasteiger partial charge on any atom is 0.267 e. The lowest BCUT2D eigenvalue weighted by Gasteiger charge is -2.35. The predicted molar refractivity (Wildman–Crippen MR) is 94.5 cm³/mol. The number of nitrogens with zero attached hydrogens (tertiary/aromatic N) is 2. The molecule has 1 aromatic carbocycles. The predicted octanol–water partition coefficient (Wildman–Crippen LogP) is 1.62. The average molecular weight is 355 g/mol. The number of rotatable bonds is 2. The number of fused-ring (bicyclic) bond motifs is 1. The molecule has 1 N–H and O–H groups in total. The van der Waals surface area contributed by atoms with Gasteiger partial charge in [-0.25, -0.2) is 4.98 Å². The van der Waals surface area contributed by atoms with Crippen LogP contribution in [-0.2, 0) is 4.79 Å². The minimum atomic E-state index is -0.610. The number of ether oxygens (including phenoxy) is 2. The minimum Gasteiger partial charge on any atom is -0.485 e. The second kappa shape index (κ2) is 6.82. The SMILES string of the molecule is Cc1nc(C2CCN(C(=O)C3COc4ccccc4O3)CC2)cc(=O)[nH]1. The third-order valence-corrected chi connectivity index (χ3v) is 4.89. The number of piperidine rings is 1. The zero-order valence-electron chi connectivity index (χ0n) is 14.6. The maximum absolute atomic E-state index is 12.8. The van der Waals surface area contributed by atoms with E-state index < -0.39 is 6.10 Å². The van der Waals surface area contributed by atoms with Crippen molar-refractivity contribution in [1.29, 1.82) is 0 Å². The highest BCUT2D eigenvalue weighted by molar-refractivity contribution is 5.82. The van der Waals surface area contributed by atoms with Crippen LogP contribution in [0.5, 0.6) is 11.5 Å². The highest BCUT2D eigenvalue weighted by Gasteiger charge is 2.33. The van der Waals surface area contributed by atoms with Gasteiger partial charge >= 0.3 is 0 Å². The molecule has 4 rings (SSSR count). The maximum atomic E-state index is 12.8. The summed E-state index contributed by atoms with van der Waals surface area (Å²) in [5.74, 6) is 2.05. The van der Waals surface area contributed by atoms with Gasteiger partial charge in [0.25, 0.3) is 11.5 Å². The van der Waals surface area contributed by atoms with Gasteiger partial charge in [-0.15, -0.1) is 0 Å². The van der Waals surface area contributed by atoms with Crippen molar-refractivity contribution in [3.8, 4) is 11.5 Å². The molecule has 2 aromatic rings. The number of para-hydroxylation sites is 2. The summed E-state index contributed by atoms with van der Waals surface area (Å²) in [6.07, 6.45) is 0.957. The third-order valence-electron chi connectivity index (χ3n) is 4.89. The summed E-state index contributed by atoms with van der Waals surface area (Å²) in [6, 6.07) is 8.93. The van der Waals surface area contributed by atoms with E-state index in [9.17, 15) is 9.59 Å². The number of hydrogen-bond donors (Lipinski definition) is 1. The van der Waals surface area contributed by atoms with Gasteiger partial charge in [-0.1, -0.05) is 12.1 Å². The normalized spacial score (nSPS) is 20.0. The van der Waals surface area contributed by atoms with Gasteiger partial charge in [-0.3, -0.25) is 9.59 Å². The number of aryl methyl sites for hydroxylation is 1. The summed E-state index contributed by atoms with van der Waals surface area (Å²) in [5.41, 5.74) is 0.682. The van der Waals surface area contributed by atoms with Crippen molar-refractivity contribution in [2.75, 3.05) is 19.7 Å². The smallest absolute Gasteiger partial charge is 0.267 e. The first kappa shape index (κ1) is 16.6. The van der Waals surface area contributed by atoms with Gasteiger partial charge in [0.15, 0.2) is 11.5 Å². The first-order valence-corrected chi connectivity index (χ1v) is 8.85. The molecule has 136 valence electrons. The highest BCUT2D eigenvalue weighted by atomic mass is 16.6. The second-order valence-electron chi connectivity index (χ2n) is 6.72. The van der Waals surface area contributed by atoms with Crippen molar-refractivity contribution in [1.82, 2.24) is 14.9 Å². The Labute approximate surface area is 151 Å². The molecule has 1 amide bonds. The Morgan fingerprint density at radius 1 is 1.23 bits per heavy atom. The summed E-state index contributed by atoms with van der Waals surface area (Å²) in [7, 11) is 0. The van der Waals surface area contributed by atoms with Gasteiger partial charge in [0, 0.05) is 25.1 Å². The summed E-state index contributed by atoms with van der Waals surface area (Å²) >= 11 is 0. The first-order chi connectivity index (χ1) is 12.6. The van der Waals surface area contributed by atoms with E-state index in [2.05, 4.69) is 9.97 Å². The number of hydrogen-bond acceptors (Lipinski definition) is 5. The number of H-pyrrole nitrogens is 1. The van der Waals surface area contributed by atoms with E-state index in [1.165, 1.54) is 0 Å². The molecule has 26 heavy (non-hydrogen) atoms. The number of nitrogens with one attached hydrogen (secondary N) is 1. The van der Waals surface area contributed by atoms with Crippen LogP contribution in [0.3, 0.4) is 0 Å². The van der Waals surface area contributed by atoms with E-state index in [1.54, 1.807) is 13.0 Å². The lowest BCUT2D eigenvalue weighted by atomic mass is 9.93. The molecule has 3 heterocycles. The van der Waals surface area contributed by atoms with Gasteiger partial charge < -0.3 is 19.4 Å². The Morgan fingerprint density at radius 3 is 2.69 bits per heavy atom. The van der Waals surface area contributed by atoms with Gasteiger partial charge in [0.2, 0.25) is 6.10 Å². The molecular weight excluding hydrogens is 334 g/mol. The summed E-state index contributed by atoms with van der Waals surface area (Å²) in [6.45, 7) is 3.25. The first-order valence-electron chi connectivity index (χ1n) is 8.85. The number of aromatic amines is 1. The molecule has 1 aromatic heterocycles. The Kier molecular flexibility index (Phi) is 4.36. The van der Waals surface area contributed by atoms with Crippen molar-refractivity contribution in [3.05, 3.63) is 52.2 Å². The zero-order valence-corrected chi connectivity index (χ0v) is 14.6. The van der Waals surface area contributed by atoms with Gasteiger partial charge in [-0.2, -0.15) is 0 Å². The van der Waals surface area contributed by atoms with E-state index in [4.69, 9.17) is 9.47 Å². The Balaban J connectivity index is 1.39. The average Bonchev–Trinajstić information content (AvgIpc) is 2.66. The summed E-state index contributed by atoms with van der Waals surface area (Å²) in [5, 5.41) is 0. The largest absolute Gasteiger partial charge is 0.485 e. The molecule has 7 nitrogen and oxygen atoms in total. The quantitative estimate of drug-likeness (QED) is 0.885. The van der Waals surface area contributed by atoms with E-state index in [0.717, 1.165) is 18.5 Å². The lowest BCUT2D eigenvalue weighted by molar-refractivity contribution is -0.142. The molecule has 0 spiro atoms. The van der Waals surface area contributed by atoms with Crippen LogP contribution in [-0.4, -0.2) is 46.6 Å². The molecule has 1 fully saturated rings. The molecule has 0 radical (unpaired) electrons. The number of carbonyl (C=O) groups excluding carboxylic acids is 1. The topological polar surface area (TPSA) is 84.5 Å². The zero-order chi connectivity index (χ0) is 18.1. The Hall–Kier alpha value is -2.83. The lowest BCUT2D eigenvalue weighted by Crippen LogP contribution is -2.48. The monoisotopic (exact) mass is 355 g/mol. The van der Waals surface area contributed by atoms with Crippen molar-refractivity contribution >= 4 is 5.91 Å². The molecule has 1 atom stereocenters. The number of amides is 1. The number of aromatic nitrogens is 2. The molecule has 0 bridgehead atoms. The minimum absolute atomic E-state index is 0.0481. The van der Waals surface area contributed by atoms with Crippen molar-refractivity contribution in [2.45, 2.75) is 31.8 Å². The van der Waals surface area contributed by atoms with Crippen LogP contribution in [0.1, 0.15) is 30.3 Å². The molecule has 1 saturated heterocycles. The van der Waals surface area contributed by atoms with Gasteiger partial charge in [0.1, 0.15) is 12.4 Å². The second-order valence-corrected chi connectivity index (χ2v) is 6.72. The molecule has 2 aliphatic rings. The molecule has 2 aliphatic heterocycles. The number of carbonyl (C=O) groups is 1. The third kappa shape index (κ3) is 3.29. The van der Waals surface area contributed by atoms with E-state index in [0.29, 0.717) is 30.4 Å². The summed E-state index contributed by atoms with van der Waals surface area (Å²) < 4.78 is 11.5. The highest BCUT2D eigenvalue weighted by Crippen LogP contribution is 2.32. The van der Waals surface area contributed by atoms with Crippen molar-refractivity contribution in [2.24, 2.45) is 0 Å². The van der Waals surface area contributed by atoms with E-state index >= 15 is 0 Å². The standard InChI is InChI=1S/C19H21N3O4/c1-12-20-14(10-18(23)21-12)13-6-8-22(9-7-13)19(24)17-11-25-15-4-2-3-5-16(15)26-17/h2-5,10,13,17H,6-9,11H2,1H3,(H,20,21,23). The molecule has 0 saturated carbocycles. The molecule has 1 unspecified atom stereocenters. The van der Waals surface area contributed by atoms with Gasteiger partial charge in [0.05, 0.1) is 5.69 Å². The van der Waals surface area contributed by atoms with E-state index in [-0.39, 0.29) is 24.0 Å². The van der Waals surface area contributed by atoms with Crippen LogP contribution in [0.2, 0.25) is 0 Å². The Bertz CT molecular complexity index is 871. The number of benzene rings is 1. The van der Waals surface area contributed by atoms with Crippen molar-refractivity contribution < 1.29 is 14.3 Å². The Morgan fingerprint density at radius 2 is 1.96 bits per heavy atom. The fourth-order valence-electron chi connectivity index (χ4n) is 3.55.